The lowest BCUT2D eigenvalue weighted by atomic mass is 10.1. The van der Waals surface area contributed by atoms with Crippen molar-refractivity contribution in [2.24, 2.45) is 0 Å². The smallest absolute Gasteiger partial charge is 0.264 e. The third kappa shape index (κ3) is 5.69. The quantitative estimate of drug-likeness (QED) is 0.321. The number of nitrogens with zero attached hydrogens (tertiary/aromatic N) is 1. The molecule has 0 aliphatic heterocycles. The topological polar surface area (TPSA) is 75.7 Å². The largest absolute Gasteiger partial charge is 0.491 e. The summed E-state index contributed by atoms with van der Waals surface area (Å²) in [5, 5.41) is 4.86. The van der Waals surface area contributed by atoms with Gasteiger partial charge < -0.3 is 10.1 Å². The van der Waals surface area contributed by atoms with E-state index in [1.807, 2.05) is 69.3 Å². The van der Waals surface area contributed by atoms with Gasteiger partial charge in [0.1, 0.15) is 18.9 Å². The standard InChI is InChI=1S/C29H30N2O4S/c1-21-11-15-26(16-12-21)36(33,34)31(25-14-13-22(2)23(3)19-25)20-29(32)30-17-18-35-28-10-6-8-24-7-4-5-9-27(24)28/h4-16,19H,17-18,20H2,1-3H3,(H,30,32). The van der Waals surface area contributed by atoms with E-state index in [1.165, 1.54) is 0 Å². The Morgan fingerprint density at radius 3 is 2.33 bits per heavy atom. The van der Waals surface area contributed by atoms with Crippen LogP contribution in [-0.4, -0.2) is 34.0 Å². The van der Waals surface area contributed by atoms with Crippen LogP contribution in [0.15, 0.2) is 89.8 Å². The lowest BCUT2D eigenvalue weighted by Crippen LogP contribution is -2.42. The average Bonchev–Trinajstić information content (AvgIpc) is 2.87. The lowest BCUT2D eigenvalue weighted by molar-refractivity contribution is -0.119. The van der Waals surface area contributed by atoms with Crippen molar-refractivity contribution in [3.05, 3.63) is 102 Å². The second kappa shape index (κ2) is 10.8. The molecule has 0 fully saturated rings. The molecular weight excluding hydrogens is 472 g/mol. The molecule has 4 aromatic carbocycles. The molecule has 0 unspecified atom stereocenters. The predicted octanol–water partition coefficient (Wildman–Crippen LogP) is 5.16. The second-order valence-electron chi connectivity index (χ2n) is 8.77. The first-order valence-corrected chi connectivity index (χ1v) is 13.2. The van der Waals surface area contributed by atoms with Gasteiger partial charge in [-0.2, -0.15) is 0 Å². The molecule has 0 aromatic heterocycles. The van der Waals surface area contributed by atoms with Crippen LogP contribution in [0.2, 0.25) is 0 Å². The molecule has 1 amide bonds. The minimum absolute atomic E-state index is 0.137. The number of sulfonamides is 1. The zero-order valence-electron chi connectivity index (χ0n) is 20.7. The van der Waals surface area contributed by atoms with Crippen molar-refractivity contribution < 1.29 is 17.9 Å². The van der Waals surface area contributed by atoms with Crippen LogP contribution in [0.1, 0.15) is 16.7 Å². The number of hydrogen-bond acceptors (Lipinski definition) is 4. The molecule has 0 saturated carbocycles. The summed E-state index contributed by atoms with van der Waals surface area (Å²) in [6, 6.07) is 25.7. The van der Waals surface area contributed by atoms with Gasteiger partial charge in [-0.1, -0.05) is 60.2 Å². The van der Waals surface area contributed by atoms with Crippen molar-refractivity contribution in [2.75, 3.05) is 24.0 Å². The number of benzene rings is 4. The van der Waals surface area contributed by atoms with E-state index in [9.17, 15) is 13.2 Å². The van der Waals surface area contributed by atoms with Crippen molar-refractivity contribution in [3.8, 4) is 5.75 Å². The first kappa shape index (κ1) is 25.3. The van der Waals surface area contributed by atoms with Crippen LogP contribution in [0.4, 0.5) is 5.69 Å². The highest BCUT2D eigenvalue weighted by Gasteiger charge is 2.27. The SMILES string of the molecule is Cc1ccc(S(=O)(=O)N(CC(=O)NCCOc2cccc3ccccc23)c2ccc(C)c(C)c2)cc1. The minimum atomic E-state index is -3.95. The Morgan fingerprint density at radius 2 is 1.58 bits per heavy atom. The molecule has 0 atom stereocenters. The van der Waals surface area contributed by atoms with Gasteiger partial charge in [-0.05, 0) is 67.6 Å². The van der Waals surface area contributed by atoms with Crippen LogP contribution in [0, 0.1) is 20.8 Å². The number of anilines is 1. The van der Waals surface area contributed by atoms with E-state index in [0.717, 1.165) is 37.5 Å². The van der Waals surface area contributed by atoms with E-state index in [1.54, 1.807) is 36.4 Å². The molecule has 0 aliphatic rings. The number of nitrogens with one attached hydrogen (secondary N) is 1. The normalized spacial score (nSPS) is 11.3. The van der Waals surface area contributed by atoms with Gasteiger partial charge in [-0.3, -0.25) is 9.10 Å². The fourth-order valence-corrected chi connectivity index (χ4v) is 5.31. The fourth-order valence-electron chi connectivity index (χ4n) is 3.89. The highest BCUT2D eigenvalue weighted by atomic mass is 32.2. The summed E-state index contributed by atoms with van der Waals surface area (Å²) in [5.41, 5.74) is 3.39. The molecule has 6 nitrogen and oxygen atoms in total. The van der Waals surface area contributed by atoms with E-state index < -0.39 is 15.9 Å². The van der Waals surface area contributed by atoms with Crippen LogP contribution < -0.4 is 14.4 Å². The molecule has 4 rings (SSSR count). The zero-order valence-corrected chi connectivity index (χ0v) is 21.5. The highest BCUT2D eigenvalue weighted by molar-refractivity contribution is 7.92. The van der Waals surface area contributed by atoms with Crippen molar-refractivity contribution >= 4 is 32.4 Å². The zero-order chi connectivity index (χ0) is 25.7. The Kier molecular flexibility index (Phi) is 7.60. The van der Waals surface area contributed by atoms with E-state index in [0.29, 0.717) is 5.69 Å². The molecule has 0 heterocycles. The Bertz CT molecular complexity index is 1480. The van der Waals surface area contributed by atoms with Crippen LogP contribution >= 0.6 is 0 Å². The molecule has 36 heavy (non-hydrogen) atoms. The number of hydrogen-bond donors (Lipinski definition) is 1. The van der Waals surface area contributed by atoms with Gasteiger partial charge in [0.2, 0.25) is 5.91 Å². The van der Waals surface area contributed by atoms with Gasteiger partial charge in [0.15, 0.2) is 0 Å². The van der Waals surface area contributed by atoms with Gasteiger partial charge in [-0.15, -0.1) is 0 Å². The van der Waals surface area contributed by atoms with Crippen LogP contribution in [-0.2, 0) is 14.8 Å². The Morgan fingerprint density at radius 1 is 0.861 bits per heavy atom. The van der Waals surface area contributed by atoms with Crippen molar-refractivity contribution in [3.63, 3.8) is 0 Å². The Balaban J connectivity index is 1.47. The third-order valence-electron chi connectivity index (χ3n) is 6.11. The fraction of sp³-hybridized carbons (Fsp3) is 0.207. The van der Waals surface area contributed by atoms with Gasteiger partial charge in [-0.25, -0.2) is 8.42 Å². The van der Waals surface area contributed by atoms with Crippen LogP contribution in [0.5, 0.6) is 5.75 Å². The molecule has 186 valence electrons. The molecule has 7 heteroatoms. The maximum absolute atomic E-state index is 13.5. The third-order valence-corrected chi connectivity index (χ3v) is 7.89. The number of ether oxygens (including phenoxy) is 1. The average molecular weight is 503 g/mol. The first-order chi connectivity index (χ1) is 17.3. The molecular formula is C29H30N2O4S. The lowest BCUT2D eigenvalue weighted by Gasteiger charge is -2.25. The molecule has 0 radical (unpaired) electrons. The van der Waals surface area contributed by atoms with Crippen LogP contribution in [0.3, 0.4) is 0 Å². The van der Waals surface area contributed by atoms with Crippen molar-refractivity contribution in [2.45, 2.75) is 25.7 Å². The van der Waals surface area contributed by atoms with Gasteiger partial charge in [0.25, 0.3) is 10.0 Å². The molecule has 1 N–H and O–H groups in total. The monoisotopic (exact) mass is 502 g/mol. The van der Waals surface area contributed by atoms with Gasteiger partial charge >= 0.3 is 0 Å². The Hall–Kier alpha value is -3.84. The minimum Gasteiger partial charge on any atom is -0.491 e. The summed E-state index contributed by atoms with van der Waals surface area (Å²) in [7, 11) is -3.95. The number of rotatable bonds is 9. The number of carbonyl (C=O) groups is 1. The summed E-state index contributed by atoms with van der Waals surface area (Å²) in [6.07, 6.45) is 0. The van der Waals surface area contributed by atoms with E-state index in [4.69, 9.17) is 4.74 Å². The number of fused-ring (bicyclic) bond motifs is 1. The maximum Gasteiger partial charge on any atom is 0.264 e. The summed E-state index contributed by atoms with van der Waals surface area (Å²) in [6.45, 7) is 5.93. The molecule has 4 aromatic rings. The summed E-state index contributed by atoms with van der Waals surface area (Å²) < 4.78 is 34.1. The second-order valence-corrected chi connectivity index (χ2v) is 10.6. The maximum atomic E-state index is 13.5. The van der Waals surface area contributed by atoms with E-state index in [2.05, 4.69) is 5.32 Å². The van der Waals surface area contributed by atoms with Crippen molar-refractivity contribution in [1.29, 1.82) is 0 Å². The first-order valence-electron chi connectivity index (χ1n) is 11.8. The Labute approximate surface area is 212 Å². The van der Waals surface area contributed by atoms with Gasteiger partial charge in [0.05, 0.1) is 17.1 Å². The van der Waals surface area contributed by atoms with E-state index >= 15 is 0 Å². The predicted molar refractivity (Wildman–Crippen MR) is 144 cm³/mol. The molecule has 0 saturated heterocycles. The van der Waals surface area contributed by atoms with Crippen LogP contribution in [0.25, 0.3) is 10.8 Å². The highest BCUT2D eigenvalue weighted by Crippen LogP contribution is 2.26. The number of aryl methyl sites for hydroxylation is 3. The molecule has 0 aliphatic carbocycles. The van der Waals surface area contributed by atoms with Crippen molar-refractivity contribution in [1.82, 2.24) is 5.32 Å². The summed E-state index contributed by atoms with van der Waals surface area (Å²) in [4.78, 5) is 13.0. The summed E-state index contributed by atoms with van der Waals surface area (Å²) in [5.74, 6) is 0.325. The number of carbonyl (C=O) groups excluding carboxylic acids is 1. The molecule has 0 spiro atoms. The van der Waals surface area contributed by atoms with Gasteiger partial charge in [0, 0.05) is 5.39 Å². The molecule has 0 bridgehead atoms. The summed E-state index contributed by atoms with van der Waals surface area (Å²) >= 11 is 0. The number of amides is 1. The van der Waals surface area contributed by atoms with E-state index in [-0.39, 0.29) is 24.6 Å².